The highest BCUT2D eigenvalue weighted by atomic mass is 16.5. The summed E-state index contributed by atoms with van der Waals surface area (Å²) in [5, 5.41) is 0. The maximum absolute atomic E-state index is 11.3. The van der Waals surface area contributed by atoms with Crippen LogP contribution in [0.1, 0.15) is 36.8 Å². The molecule has 0 unspecified atom stereocenters. The van der Waals surface area contributed by atoms with E-state index in [1.165, 1.54) is 13.3 Å². The first kappa shape index (κ1) is 13.5. The highest BCUT2D eigenvalue weighted by Gasteiger charge is 2.31. The van der Waals surface area contributed by atoms with Gasteiger partial charge >= 0.3 is 5.97 Å². The van der Waals surface area contributed by atoms with E-state index in [9.17, 15) is 4.79 Å². The zero-order valence-corrected chi connectivity index (χ0v) is 11.6. The van der Waals surface area contributed by atoms with Crippen molar-refractivity contribution < 1.29 is 14.3 Å². The number of aliphatic imine (C=N–C) groups is 1. The fourth-order valence-corrected chi connectivity index (χ4v) is 1.72. The predicted molar refractivity (Wildman–Crippen MR) is 71.3 cm³/mol. The largest absolute Gasteiger partial charge is 0.474 e. The van der Waals surface area contributed by atoms with Crippen molar-refractivity contribution in [3.63, 3.8) is 0 Å². The average Bonchev–Trinajstić information content (AvgIpc) is 2.87. The summed E-state index contributed by atoms with van der Waals surface area (Å²) in [5.74, 6) is 0.136. The van der Waals surface area contributed by atoms with Crippen LogP contribution in [0.15, 0.2) is 23.3 Å². The predicted octanol–water partition coefficient (Wildman–Crippen LogP) is 2.06. The van der Waals surface area contributed by atoms with E-state index in [1.54, 1.807) is 12.1 Å². The van der Waals surface area contributed by atoms with Gasteiger partial charge in [0.1, 0.15) is 12.3 Å². The number of hydrogen-bond donors (Lipinski definition) is 0. The molecule has 102 valence electrons. The van der Waals surface area contributed by atoms with Crippen molar-refractivity contribution in [3.8, 4) is 0 Å². The molecule has 1 atom stereocenters. The van der Waals surface area contributed by atoms with E-state index in [1.807, 2.05) is 0 Å². The third-order valence-electron chi connectivity index (χ3n) is 3.05. The summed E-state index contributed by atoms with van der Waals surface area (Å²) in [7, 11) is 1.34. The van der Waals surface area contributed by atoms with Gasteiger partial charge in [0.15, 0.2) is 0 Å². The van der Waals surface area contributed by atoms with Crippen LogP contribution in [0.25, 0.3) is 0 Å². The van der Waals surface area contributed by atoms with Gasteiger partial charge < -0.3 is 9.47 Å². The quantitative estimate of drug-likeness (QED) is 0.765. The summed E-state index contributed by atoms with van der Waals surface area (Å²) in [4.78, 5) is 20.0. The average molecular weight is 262 g/mol. The van der Waals surface area contributed by atoms with Gasteiger partial charge in [-0.3, -0.25) is 4.98 Å². The van der Waals surface area contributed by atoms with Gasteiger partial charge in [-0.15, -0.1) is 0 Å². The Hall–Kier alpha value is -1.91. The molecule has 0 spiro atoms. The van der Waals surface area contributed by atoms with Crippen LogP contribution in [-0.2, 0) is 9.47 Å². The molecule has 1 aliphatic heterocycles. The van der Waals surface area contributed by atoms with Crippen LogP contribution < -0.4 is 0 Å². The molecule has 0 N–H and O–H groups in total. The molecule has 0 saturated carbocycles. The van der Waals surface area contributed by atoms with E-state index in [0.29, 0.717) is 23.8 Å². The van der Waals surface area contributed by atoms with Crippen LogP contribution in [0, 0.1) is 5.41 Å². The molecule has 0 amide bonds. The number of aromatic nitrogens is 1. The Kier molecular flexibility index (Phi) is 3.55. The molecule has 0 radical (unpaired) electrons. The molecule has 0 bridgehead atoms. The molecule has 0 aromatic carbocycles. The Morgan fingerprint density at radius 2 is 2.16 bits per heavy atom. The second-order valence-corrected chi connectivity index (χ2v) is 5.55. The molecular weight excluding hydrogens is 244 g/mol. The van der Waals surface area contributed by atoms with Crippen molar-refractivity contribution >= 4 is 11.9 Å². The SMILES string of the molecule is COC(=O)c1ccc(C2=N[C@@H](C(C)(C)C)CO2)nc1. The van der Waals surface area contributed by atoms with Crippen molar-refractivity contribution in [2.45, 2.75) is 26.8 Å². The van der Waals surface area contributed by atoms with Crippen LogP contribution in [-0.4, -0.2) is 36.6 Å². The minimum Gasteiger partial charge on any atom is -0.474 e. The Morgan fingerprint density at radius 3 is 2.63 bits per heavy atom. The first-order chi connectivity index (χ1) is 8.91. The minimum atomic E-state index is -0.402. The fraction of sp³-hybridized carbons (Fsp3) is 0.500. The molecule has 1 aromatic rings. The molecular formula is C14H18N2O3. The molecule has 0 aliphatic carbocycles. The van der Waals surface area contributed by atoms with Gasteiger partial charge in [-0.1, -0.05) is 20.8 Å². The van der Waals surface area contributed by atoms with E-state index in [-0.39, 0.29) is 11.5 Å². The Morgan fingerprint density at radius 1 is 1.42 bits per heavy atom. The lowest BCUT2D eigenvalue weighted by Gasteiger charge is -2.21. The number of carbonyl (C=O) groups excluding carboxylic acids is 1. The molecule has 2 heterocycles. The van der Waals surface area contributed by atoms with Crippen molar-refractivity contribution in [2.75, 3.05) is 13.7 Å². The van der Waals surface area contributed by atoms with Crippen molar-refractivity contribution in [1.82, 2.24) is 4.98 Å². The number of nitrogens with zero attached hydrogens (tertiary/aromatic N) is 2. The molecule has 5 nitrogen and oxygen atoms in total. The van der Waals surface area contributed by atoms with Gasteiger partial charge in [-0.05, 0) is 17.5 Å². The lowest BCUT2D eigenvalue weighted by atomic mass is 9.88. The van der Waals surface area contributed by atoms with E-state index >= 15 is 0 Å². The number of carbonyl (C=O) groups is 1. The maximum Gasteiger partial charge on any atom is 0.339 e. The zero-order chi connectivity index (χ0) is 14.0. The standard InChI is InChI=1S/C14H18N2O3/c1-14(2,3)11-8-19-12(16-11)10-6-5-9(7-15-10)13(17)18-4/h5-7,11H,8H2,1-4H3/t11-/m1/s1. The van der Waals surface area contributed by atoms with Gasteiger partial charge in [-0.25, -0.2) is 9.79 Å². The summed E-state index contributed by atoms with van der Waals surface area (Å²) in [6, 6.07) is 3.50. The third-order valence-corrected chi connectivity index (χ3v) is 3.05. The van der Waals surface area contributed by atoms with Gasteiger partial charge in [0.25, 0.3) is 0 Å². The Labute approximate surface area is 112 Å². The zero-order valence-electron chi connectivity index (χ0n) is 11.6. The lowest BCUT2D eigenvalue weighted by molar-refractivity contribution is 0.0600. The summed E-state index contributed by atoms with van der Waals surface area (Å²) in [6.07, 6.45) is 1.47. The molecule has 1 aliphatic rings. The summed E-state index contributed by atoms with van der Waals surface area (Å²) >= 11 is 0. The number of methoxy groups -OCH3 is 1. The summed E-state index contributed by atoms with van der Waals surface area (Å²) in [6.45, 7) is 6.95. The first-order valence-corrected chi connectivity index (χ1v) is 6.17. The smallest absolute Gasteiger partial charge is 0.339 e. The lowest BCUT2D eigenvalue weighted by Crippen LogP contribution is -2.25. The summed E-state index contributed by atoms with van der Waals surface area (Å²) < 4.78 is 10.2. The van der Waals surface area contributed by atoms with E-state index < -0.39 is 5.97 Å². The minimum absolute atomic E-state index is 0.0632. The van der Waals surface area contributed by atoms with Crippen LogP contribution >= 0.6 is 0 Å². The monoisotopic (exact) mass is 262 g/mol. The first-order valence-electron chi connectivity index (χ1n) is 6.17. The van der Waals surface area contributed by atoms with E-state index in [2.05, 4.69) is 35.5 Å². The number of pyridine rings is 1. The number of rotatable bonds is 2. The maximum atomic E-state index is 11.3. The van der Waals surface area contributed by atoms with Gasteiger partial charge in [0, 0.05) is 6.20 Å². The van der Waals surface area contributed by atoms with Crippen LogP contribution in [0.4, 0.5) is 0 Å². The topological polar surface area (TPSA) is 60.8 Å². The van der Waals surface area contributed by atoms with Crippen LogP contribution in [0.3, 0.4) is 0 Å². The van der Waals surface area contributed by atoms with Gasteiger partial charge in [0.05, 0.1) is 18.7 Å². The van der Waals surface area contributed by atoms with Crippen molar-refractivity contribution in [3.05, 3.63) is 29.6 Å². The van der Waals surface area contributed by atoms with E-state index in [4.69, 9.17) is 4.74 Å². The van der Waals surface area contributed by atoms with Crippen LogP contribution in [0.2, 0.25) is 0 Å². The van der Waals surface area contributed by atoms with E-state index in [0.717, 1.165) is 0 Å². The number of hydrogen-bond acceptors (Lipinski definition) is 5. The molecule has 0 fully saturated rings. The van der Waals surface area contributed by atoms with Crippen LogP contribution in [0.5, 0.6) is 0 Å². The molecule has 19 heavy (non-hydrogen) atoms. The van der Waals surface area contributed by atoms with Gasteiger partial charge in [0.2, 0.25) is 5.90 Å². The molecule has 0 saturated heterocycles. The second kappa shape index (κ2) is 4.99. The summed E-state index contributed by atoms with van der Waals surface area (Å²) in [5.41, 5.74) is 1.12. The van der Waals surface area contributed by atoms with Crippen molar-refractivity contribution in [1.29, 1.82) is 0 Å². The molecule has 1 aromatic heterocycles. The molecule has 2 rings (SSSR count). The van der Waals surface area contributed by atoms with Gasteiger partial charge in [-0.2, -0.15) is 0 Å². The van der Waals surface area contributed by atoms with Crippen molar-refractivity contribution in [2.24, 2.45) is 10.4 Å². The highest BCUT2D eigenvalue weighted by Crippen LogP contribution is 2.27. The third kappa shape index (κ3) is 2.92. The second-order valence-electron chi connectivity index (χ2n) is 5.55. The number of ether oxygens (including phenoxy) is 2. The number of esters is 1. The highest BCUT2D eigenvalue weighted by molar-refractivity contribution is 5.94. The normalized spacial score (nSPS) is 18.7. The Bertz CT molecular complexity index is 500. The molecule has 5 heteroatoms. The fourth-order valence-electron chi connectivity index (χ4n) is 1.72. The Balaban J connectivity index is 2.18.